The molecule has 1 aromatic rings. The summed E-state index contributed by atoms with van der Waals surface area (Å²) in [7, 11) is 0. The molecule has 0 radical (unpaired) electrons. The van der Waals surface area contributed by atoms with Gasteiger partial charge >= 0.3 is 0 Å². The minimum absolute atomic E-state index is 0.0594. The molecule has 0 amide bonds. The molecule has 74 valence electrons. The zero-order valence-electron chi connectivity index (χ0n) is 8.05. The predicted molar refractivity (Wildman–Crippen MR) is 58.3 cm³/mol. The SMILES string of the molecule is OC1=COC2C=c3ccccc3=CC2=C1. The molecule has 1 aliphatic carbocycles. The van der Waals surface area contributed by atoms with Crippen molar-refractivity contribution in [2.75, 3.05) is 0 Å². The van der Waals surface area contributed by atoms with E-state index in [4.69, 9.17) is 4.74 Å². The van der Waals surface area contributed by atoms with Crippen LogP contribution in [0.2, 0.25) is 0 Å². The standard InChI is InChI=1S/C13H10O2/c14-12-6-11-5-9-3-1-2-4-10(9)7-13(11)15-8-12/h1-8,13-14H. The van der Waals surface area contributed by atoms with Crippen LogP contribution in [0.3, 0.4) is 0 Å². The summed E-state index contributed by atoms with van der Waals surface area (Å²) in [6.45, 7) is 0. The lowest BCUT2D eigenvalue weighted by atomic mass is 9.99. The van der Waals surface area contributed by atoms with Crippen LogP contribution in [0.4, 0.5) is 0 Å². The summed E-state index contributed by atoms with van der Waals surface area (Å²) < 4.78 is 5.38. The average Bonchev–Trinajstić information content (AvgIpc) is 2.26. The molecular formula is C13H10O2. The molecule has 1 unspecified atom stereocenters. The number of aliphatic hydroxyl groups is 1. The van der Waals surface area contributed by atoms with Gasteiger partial charge in [0.05, 0.1) is 0 Å². The van der Waals surface area contributed by atoms with Gasteiger partial charge in [-0.1, -0.05) is 24.3 Å². The number of benzene rings is 1. The molecule has 2 nitrogen and oxygen atoms in total. The second-order valence-electron chi connectivity index (χ2n) is 3.68. The van der Waals surface area contributed by atoms with Crippen LogP contribution in [-0.4, -0.2) is 11.2 Å². The highest BCUT2D eigenvalue weighted by Gasteiger charge is 2.17. The third-order valence-electron chi connectivity index (χ3n) is 2.63. The maximum absolute atomic E-state index is 9.32. The molecule has 0 bridgehead atoms. The Kier molecular flexibility index (Phi) is 1.68. The van der Waals surface area contributed by atoms with E-state index in [1.165, 1.54) is 16.7 Å². The van der Waals surface area contributed by atoms with Gasteiger partial charge < -0.3 is 9.84 Å². The van der Waals surface area contributed by atoms with Crippen molar-refractivity contribution in [3.63, 3.8) is 0 Å². The Morgan fingerprint density at radius 1 is 1.07 bits per heavy atom. The third-order valence-corrected chi connectivity index (χ3v) is 2.63. The molecule has 0 fully saturated rings. The van der Waals surface area contributed by atoms with Crippen LogP contribution in [-0.2, 0) is 4.74 Å². The number of rotatable bonds is 0. The highest BCUT2D eigenvalue weighted by atomic mass is 16.5. The Morgan fingerprint density at radius 3 is 2.73 bits per heavy atom. The van der Waals surface area contributed by atoms with Crippen molar-refractivity contribution < 1.29 is 9.84 Å². The summed E-state index contributed by atoms with van der Waals surface area (Å²) in [5.74, 6) is 0.172. The van der Waals surface area contributed by atoms with Crippen LogP contribution >= 0.6 is 0 Å². The summed E-state index contributed by atoms with van der Waals surface area (Å²) in [5, 5.41) is 11.7. The van der Waals surface area contributed by atoms with Crippen LogP contribution in [0.5, 0.6) is 0 Å². The molecule has 15 heavy (non-hydrogen) atoms. The first-order chi connectivity index (χ1) is 7.33. The molecular weight excluding hydrogens is 188 g/mol. The maximum atomic E-state index is 9.32. The van der Waals surface area contributed by atoms with Crippen molar-refractivity contribution >= 4 is 12.2 Å². The van der Waals surface area contributed by atoms with E-state index in [0.717, 1.165) is 5.57 Å². The van der Waals surface area contributed by atoms with Gasteiger partial charge in [0.1, 0.15) is 18.1 Å². The maximum Gasteiger partial charge on any atom is 0.150 e. The molecule has 3 rings (SSSR count). The fourth-order valence-corrected chi connectivity index (χ4v) is 1.90. The van der Waals surface area contributed by atoms with Gasteiger partial charge in [0.25, 0.3) is 0 Å². The molecule has 1 N–H and O–H groups in total. The van der Waals surface area contributed by atoms with E-state index in [2.05, 4.69) is 18.2 Å². The average molecular weight is 198 g/mol. The van der Waals surface area contributed by atoms with Gasteiger partial charge in [0.15, 0.2) is 0 Å². The van der Waals surface area contributed by atoms with E-state index in [0.29, 0.717) is 0 Å². The molecule has 0 spiro atoms. The Balaban J connectivity index is 2.24. The molecule has 1 atom stereocenters. The second-order valence-corrected chi connectivity index (χ2v) is 3.68. The van der Waals surface area contributed by atoms with E-state index in [1.807, 2.05) is 18.2 Å². The predicted octanol–water partition coefficient (Wildman–Crippen LogP) is 0.986. The molecule has 2 heteroatoms. The van der Waals surface area contributed by atoms with Crippen molar-refractivity contribution in [2.24, 2.45) is 0 Å². The van der Waals surface area contributed by atoms with Crippen LogP contribution < -0.4 is 10.4 Å². The number of fused-ring (bicyclic) bond motifs is 2. The molecule has 1 aromatic carbocycles. The summed E-state index contributed by atoms with van der Waals surface area (Å²) in [6.07, 6.45) is 7.16. The first-order valence-electron chi connectivity index (χ1n) is 4.88. The summed E-state index contributed by atoms with van der Waals surface area (Å²) in [5.41, 5.74) is 0.994. The van der Waals surface area contributed by atoms with Crippen LogP contribution in [0.1, 0.15) is 0 Å². The van der Waals surface area contributed by atoms with E-state index in [-0.39, 0.29) is 11.9 Å². The zero-order chi connectivity index (χ0) is 10.3. The minimum atomic E-state index is -0.0594. The van der Waals surface area contributed by atoms with Gasteiger partial charge in [-0.2, -0.15) is 0 Å². The zero-order valence-corrected chi connectivity index (χ0v) is 8.05. The third kappa shape index (κ3) is 1.34. The van der Waals surface area contributed by atoms with Crippen LogP contribution in [0.25, 0.3) is 12.2 Å². The monoisotopic (exact) mass is 198 g/mol. The first kappa shape index (κ1) is 8.36. The minimum Gasteiger partial charge on any atom is -0.505 e. The summed E-state index contributed by atoms with van der Waals surface area (Å²) in [6, 6.07) is 8.12. The smallest absolute Gasteiger partial charge is 0.150 e. The molecule has 1 heterocycles. The van der Waals surface area contributed by atoms with E-state index in [9.17, 15) is 5.11 Å². The normalized spacial score (nSPS) is 22.0. The van der Waals surface area contributed by atoms with Gasteiger partial charge in [-0.15, -0.1) is 0 Å². The van der Waals surface area contributed by atoms with E-state index in [1.54, 1.807) is 6.08 Å². The van der Waals surface area contributed by atoms with Crippen molar-refractivity contribution in [2.45, 2.75) is 6.10 Å². The summed E-state index contributed by atoms with van der Waals surface area (Å²) in [4.78, 5) is 0. The van der Waals surface area contributed by atoms with Crippen molar-refractivity contribution in [3.05, 3.63) is 58.4 Å². The lowest BCUT2D eigenvalue weighted by Gasteiger charge is -2.20. The highest BCUT2D eigenvalue weighted by molar-refractivity contribution is 5.62. The van der Waals surface area contributed by atoms with Gasteiger partial charge in [-0.05, 0) is 28.7 Å². The fraction of sp³-hybridized carbons (Fsp3) is 0.0769. The lowest BCUT2D eigenvalue weighted by molar-refractivity contribution is 0.209. The Bertz CT molecular complexity index is 579. The Labute approximate surface area is 87.1 Å². The number of ether oxygens (including phenoxy) is 1. The van der Waals surface area contributed by atoms with Gasteiger partial charge in [0, 0.05) is 5.57 Å². The van der Waals surface area contributed by atoms with Crippen LogP contribution in [0.15, 0.2) is 47.9 Å². The van der Waals surface area contributed by atoms with Crippen molar-refractivity contribution in [1.82, 2.24) is 0 Å². The van der Waals surface area contributed by atoms with Crippen molar-refractivity contribution in [3.8, 4) is 0 Å². The number of aliphatic hydroxyl groups excluding tert-OH is 1. The lowest BCUT2D eigenvalue weighted by Crippen LogP contribution is -2.32. The second kappa shape index (κ2) is 3.02. The number of hydrogen-bond donors (Lipinski definition) is 1. The molecule has 0 aromatic heterocycles. The van der Waals surface area contributed by atoms with Crippen molar-refractivity contribution in [1.29, 1.82) is 0 Å². The number of hydrogen-bond acceptors (Lipinski definition) is 2. The Morgan fingerprint density at radius 2 is 1.87 bits per heavy atom. The quantitative estimate of drug-likeness (QED) is 0.673. The molecule has 0 saturated carbocycles. The van der Waals surface area contributed by atoms with E-state index >= 15 is 0 Å². The highest BCUT2D eigenvalue weighted by Crippen LogP contribution is 2.19. The molecule has 2 aliphatic rings. The topological polar surface area (TPSA) is 29.5 Å². The largest absolute Gasteiger partial charge is 0.505 e. The summed E-state index contributed by atoms with van der Waals surface area (Å²) >= 11 is 0. The Hall–Kier alpha value is -1.96. The van der Waals surface area contributed by atoms with E-state index < -0.39 is 0 Å². The van der Waals surface area contributed by atoms with Gasteiger partial charge in [0.2, 0.25) is 0 Å². The van der Waals surface area contributed by atoms with Gasteiger partial charge in [-0.3, -0.25) is 0 Å². The van der Waals surface area contributed by atoms with Gasteiger partial charge in [-0.25, -0.2) is 0 Å². The molecule has 0 saturated heterocycles. The molecule has 1 aliphatic heterocycles. The van der Waals surface area contributed by atoms with Crippen LogP contribution in [0, 0.1) is 0 Å². The fourth-order valence-electron chi connectivity index (χ4n) is 1.90. The first-order valence-corrected chi connectivity index (χ1v) is 4.88. The number of allylic oxidation sites excluding steroid dienone is 1.